The molecule has 84 valence electrons. The summed E-state index contributed by atoms with van der Waals surface area (Å²) in [5.41, 5.74) is 6.45. The highest BCUT2D eigenvalue weighted by atomic mass is 32.2. The first kappa shape index (κ1) is 11.2. The largest absolute Gasteiger partial charge is 0.492 e. The van der Waals surface area contributed by atoms with Crippen LogP contribution >= 0.6 is 23.3 Å². The Bertz CT molecular complexity index is 459. The first-order valence-electron chi connectivity index (χ1n) is 4.76. The number of nitrogens with two attached hydrogens (primary N) is 1. The Hall–Kier alpha value is -1.27. The molecule has 4 nitrogen and oxygen atoms in total. The third-order valence-electron chi connectivity index (χ3n) is 1.83. The van der Waals surface area contributed by atoms with Gasteiger partial charge in [0.05, 0.1) is 12.3 Å². The molecule has 0 radical (unpaired) electrons. The molecule has 0 amide bonds. The van der Waals surface area contributed by atoms with Crippen LogP contribution in [0.2, 0.25) is 0 Å². The molecule has 1 aromatic carbocycles. The molecule has 0 atom stereocenters. The number of ether oxygens (including phenoxy) is 1. The molecular formula is C10H11N3OS2. The predicted octanol–water partition coefficient (Wildman–Crippen LogP) is 2.67. The van der Waals surface area contributed by atoms with E-state index in [1.807, 2.05) is 25.1 Å². The molecule has 6 heteroatoms. The van der Waals surface area contributed by atoms with Gasteiger partial charge in [-0.1, -0.05) is 11.8 Å². The Morgan fingerprint density at radius 2 is 2.38 bits per heavy atom. The van der Waals surface area contributed by atoms with E-state index < -0.39 is 0 Å². The highest BCUT2D eigenvalue weighted by Crippen LogP contribution is 2.33. The zero-order valence-corrected chi connectivity index (χ0v) is 10.3. The summed E-state index contributed by atoms with van der Waals surface area (Å²) in [7, 11) is 0. The van der Waals surface area contributed by atoms with E-state index in [9.17, 15) is 0 Å². The maximum absolute atomic E-state index is 5.79. The molecule has 1 aromatic heterocycles. The predicted molar refractivity (Wildman–Crippen MR) is 66.1 cm³/mol. The lowest BCUT2D eigenvalue weighted by Gasteiger charge is -2.07. The topological polar surface area (TPSA) is 61.0 Å². The zero-order chi connectivity index (χ0) is 11.4. The van der Waals surface area contributed by atoms with Crippen molar-refractivity contribution in [3.8, 4) is 5.75 Å². The van der Waals surface area contributed by atoms with Crippen LogP contribution in [0.4, 0.5) is 5.69 Å². The molecule has 0 spiro atoms. The molecule has 2 aromatic rings. The molecule has 0 aliphatic heterocycles. The summed E-state index contributed by atoms with van der Waals surface area (Å²) < 4.78 is 10.3. The van der Waals surface area contributed by atoms with E-state index in [-0.39, 0.29) is 0 Å². The number of aromatic nitrogens is 2. The lowest BCUT2D eigenvalue weighted by molar-refractivity contribution is 0.341. The number of nitrogen functional groups attached to an aromatic ring is 1. The standard InChI is InChI=1S/C10H11N3OS2/c1-2-14-9-5-7(3-4-8(9)11)15-10-12-6-13-16-10/h3-6H,2,11H2,1H3. The fraction of sp³-hybridized carbons (Fsp3) is 0.200. The van der Waals surface area contributed by atoms with E-state index in [4.69, 9.17) is 10.5 Å². The molecule has 0 saturated heterocycles. The van der Waals surface area contributed by atoms with Crippen molar-refractivity contribution < 1.29 is 4.74 Å². The molecule has 0 unspecified atom stereocenters. The van der Waals surface area contributed by atoms with Gasteiger partial charge in [-0.2, -0.15) is 4.37 Å². The Labute approximate surface area is 102 Å². The van der Waals surface area contributed by atoms with Gasteiger partial charge in [-0.25, -0.2) is 4.98 Å². The molecule has 2 rings (SSSR count). The van der Waals surface area contributed by atoms with Crippen molar-refractivity contribution >= 4 is 29.0 Å². The Morgan fingerprint density at radius 3 is 3.06 bits per heavy atom. The third kappa shape index (κ3) is 2.65. The van der Waals surface area contributed by atoms with Crippen LogP contribution in [0.15, 0.2) is 33.8 Å². The van der Waals surface area contributed by atoms with E-state index in [1.165, 1.54) is 11.5 Å². The van der Waals surface area contributed by atoms with E-state index in [1.54, 1.807) is 18.1 Å². The summed E-state index contributed by atoms with van der Waals surface area (Å²) in [6, 6.07) is 5.71. The Morgan fingerprint density at radius 1 is 1.50 bits per heavy atom. The highest BCUT2D eigenvalue weighted by molar-refractivity contribution is 8.01. The lowest BCUT2D eigenvalue weighted by atomic mass is 10.3. The van der Waals surface area contributed by atoms with Gasteiger partial charge in [0, 0.05) is 4.90 Å². The summed E-state index contributed by atoms with van der Waals surface area (Å²) in [6.07, 6.45) is 1.55. The van der Waals surface area contributed by atoms with Crippen LogP contribution in [0.5, 0.6) is 5.75 Å². The smallest absolute Gasteiger partial charge is 0.174 e. The van der Waals surface area contributed by atoms with E-state index in [0.717, 1.165) is 15.0 Å². The first-order chi connectivity index (χ1) is 7.79. The summed E-state index contributed by atoms with van der Waals surface area (Å²) in [6.45, 7) is 2.54. The van der Waals surface area contributed by atoms with Crippen molar-refractivity contribution in [2.75, 3.05) is 12.3 Å². The maximum Gasteiger partial charge on any atom is 0.174 e. The lowest BCUT2D eigenvalue weighted by Crippen LogP contribution is -1.96. The summed E-state index contributed by atoms with van der Waals surface area (Å²) >= 11 is 2.92. The van der Waals surface area contributed by atoms with E-state index in [2.05, 4.69) is 9.36 Å². The van der Waals surface area contributed by atoms with E-state index >= 15 is 0 Å². The van der Waals surface area contributed by atoms with Crippen LogP contribution in [0.25, 0.3) is 0 Å². The molecule has 16 heavy (non-hydrogen) atoms. The number of nitrogens with zero attached hydrogens (tertiary/aromatic N) is 2. The fourth-order valence-electron chi connectivity index (χ4n) is 1.17. The van der Waals surface area contributed by atoms with Crippen molar-refractivity contribution in [3.05, 3.63) is 24.5 Å². The van der Waals surface area contributed by atoms with Gasteiger partial charge < -0.3 is 10.5 Å². The van der Waals surface area contributed by atoms with Gasteiger partial charge >= 0.3 is 0 Å². The molecule has 0 aliphatic carbocycles. The van der Waals surface area contributed by atoms with Crippen molar-refractivity contribution in [1.82, 2.24) is 9.36 Å². The Kier molecular flexibility index (Phi) is 3.63. The first-order valence-corrected chi connectivity index (χ1v) is 6.35. The van der Waals surface area contributed by atoms with Crippen molar-refractivity contribution in [2.45, 2.75) is 16.2 Å². The van der Waals surface area contributed by atoms with Crippen LogP contribution in [0, 0.1) is 0 Å². The number of hydrogen-bond acceptors (Lipinski definition) is 6. The van der Waals surface area contributed by atoms with Gasteiger partial charge in [0.25, 0.3) is 0 Å². The fourth-order valence-corrected chi connectivity index (χ4v) is 2.62. The molecule has 0 aliphatic rings. The molecule has 2 N–H and O–H groups in total. The van der Waals surface area contributed by atoms with Gasteiger partial charge in [0.15, 0.2) is 4.34 Å². The average molecular weight is 253 g/mol. The van der Waals surface area contributed by atoms with Crippen LogP contribution in [0.3, 0.4) is 0 Å². The van der Waals surface area contributed by atoms with Crippen molar-refractivity contribution in [1.29, 1.82) is 0 Å². The van der Waals surface area contributed by atoms with Crippen LogP contribution in [0.1, 0.15) is 6.92 Å². The van der Waals surface area contributed by atoms with Gasteiger partial charge in [-0.15, -0.1) is 0 Å². The minimum atomic E-state index is 0.608. The number of benzene rings is 1. The van der Waals surface area contributed by atoms with Crippen LogP contribution in [-0.4, -0.2) is 16.0 Å². The molecule has 0 fully saturated rings. The summed E-state index contributed by atoms with van der Waals surface area (Å²) in [5.74, 6) is 0.719. The summed E-state index contributed by atoms with van der Waals surface area (Å²) in [4.78, 5) is 5.16. The van der Waals surface area contributed by atoms with Gasteiger partial charge in [0.1, 0.15) is 12.1 Å². The minimum absolute atomic E-state index is 0.608. The van der Waals surface area contributed by atoms with Crippen molar-refractivity contribution in [2.24, 2.45) is 0 Å². The highest BCUT2D eigenvalue weighted by Gasteiger charge is 2.05. The van der Waals surface area contributed by atoms with Crippen molar-refractivity contribution in [3.63, 3.8) is 0 Å². The van der Waals surface area contributed by atoms with E-state index in [0.29, 0.717) is 12.3 Å². The third-order valence-corrected chi connectivity index (χ3v) is 3.54. The second-order valence-corrected chi connectivity index (χ2v) is 5.04. The quantitative estimate of drug-likeness (QED) is 0.849. The van der Waals surface area contributed by atoms with Gasteiger partial charge in [-0.3, -0.25) is 0 Å². The average Bonchev–Trinajstić information content (AvgIpc) is 2.76. The van der Waals surface area contributed by atoms with Crippen LogP contribution < -0.4 is 10.5 Å². The number of hydrogen-bond donors (Lipinski definition) is 1. The summed E-state index contributed by atoms with van der Waals surface area (Å²) in [5, 5.41) is 0. The SMILES string of the molecule is CCOc1cc(Sc2ncns2)ccc1N. The normalized spacial score (nSPS) is 10.3. The second-order valence-electron chi connectivity index (χ2n) is 2.94. The zero-order valence-electron chi connectivity index (χ0n) is 8.71. The maximum atomic E-state index is 5.79. The molecule has 1 heterocycles. The minimum Gasteiger partial charge on any atom is -0.492 e. The molecule has 0 bridgehead atoms. The number of anilines is 1. The molecule has 0 saturated carbocycles. The van der Waals surface area contributed by atoms with Gasteiger partial charge in [-0.05, 0) is 36.7 Å². The number of rotatable bonds is 4. The van der Waals surface area contributed by atoms with Crippen LogP contribution in [-0.2, 0) is 0 Å². The second kappa shape index (κ2) is 5.18. The monoisotopic (exact) mass is 253 g/mol. The van der Waals surface area contributed by atoms with Gasteiger partial charge in [0.2, 0.25) is 0 Å². The Balaban J connectivity index is 2.19. The molecular weight excluding hydrogens is 242 g/mol.